The highest BCUT2D eigenvalue weighted by molar-refractivity contribution is 5.02. The molecule has 0 spiro atoms. The Morgan fingerprint density at radius 2 is 1.25 bits per heavy atom. The van der Waals surface area contributed by atoms with Crippen molar-refractivity contribution in [3.8, 4) is 0 Å². The largest absolute Gasteiger partial charge is 0.373 e. The first-order chi connectivity index (χ1) is 17.2. The van der Waals surface area contributed by atoms with Crippen LogP contribution in [0.15, 0.2) is 12.7 Å². The molecule has 0 aromatic heterocycles. The van der Waals surface area contributed by atoms with E-state index in [1.807, 2.05) is 0 Å². The van der Waals surface area contributed by atoms with Gasteiger partial charge in [-0.25, -0.2) is 0 Å². The second-order valence-corrected chi connectivity index (χ2v) is 13.9. The summed E-state index contributed by atoms with van der Waals surface area (Å²) in [6.45, 7) is 19.4. The van der Waals surface area contributed by atoms with Crippen LogP contribution in [0.3, 0.4) is 0 Å². The smallest absolute Gasteiger partial charge is 0.160 e. The van der Waals surface area contributed by atoms with Gasteiger partial charge in [-0.05, 0) is 128 Å². The zero-order valence-electron chi connectivity index (χ0n) is 24.3. The molecule has 0 N–H and O–H groups in total. The van der Waals surface area contributed by atoms with Gasteiger partial charge in [0.15, 0.2) is 6.29 Å². The van der Waals surface area contributed by atoms with Crippen LogP contribution in [-0.4, -0.2) is 54.7 Å². The predicted octanol–water partition coefficient (Wildman–Crippen LogP) is 7.61. The lowest BCUT2D eigenvalue weighted by molar-refractivity contribution is -0.250. The number of hydrogen-bond donors (Lipinski definition) is 0. The minimum absolute atomic E-state index is 0.00668. The van der Waals surface area contributed by atoms with Gasteiger partial charge in [0, 0.05) is 30.1 Å². The van der Waals surface area contributed by atoms with Gasteiger partial charge < -0.3 is 14.2 Å². The Kier molecular flexibility index (Phi) is 10.0. The molecule has 0 unspecified atom stereocenters. The molecule has 36 heavy (non-hydrogen) atoms. The monoisotopic (exact) mass is 503 g/mol. The molecule has 4 fully saturated rings. The van der Waals surface area contributed by atoms with E-state index in [0.29, 0.717) is 19.1 Å². The molecule has 208 valence electrons. The SMILES string of the molecule is C=CCCN1C(C)(C)CC(C2CCC(C3CCC(C4OCC(OCCC)CO4)CC3)CC2)CC1(C)C. The molecule has 4 heteroatoms. The summed E-state index contributed by atoms with van der Waals surface area (Å²) in [7, 11) is 0. The van der Waals surface area contributed by atoms with Crippen molar-refractivity contribution in [2.45, 2.75) is 135 Å². The predicted molar refractivity (Wildman–Crippen MR) is 149 cm³/mol. The first-order valence-corrected chi connectivity index (χ1v) is 15.5. The highest BCUT2D eigenvalue weighted by Crippen LogP contribution is 2.50. The van der Waals surface area contributed by atoms with Crippen molar-refractivity contribution >= 4 is 0 Å². The van der Waals surface area contributed by atoms with Gasteiger partial charge in [-0.1, -0.05) is 13.0 Å². The van der Waals surface area contributed by atoms with E-state index in [4.69, 9.17) is 14.2 Å². The molecule has 2 aliphatic carbocycles. The second kappa shape index (κ2) is 12.6. The van der Waals surface area contributed by atoms with Crippen LogP contribution >= 0.6 is 0 Å². The van der Waals surface area contributed by atoms with Crippen LogP contribution in [0.2, 0.25) is 0 Å². The van der Waals surface area contributed by atoms with Gasteiger partial charge in [-0.2, -0.15) is 0 Å². The van der Waals surface area contributed by atoms with Crippen LogP contribution in [0, 0.1) is 29.6 Å². The summed E-state index contributed by atoms with van der Waals surface area (Å²) in [6, 6.07) is 0. The summed E-state index contributed by atoms with van der Waals surface area (Å²) >= 11 is 0. The van der Waals surface area contributed by atoms with E-state index in [1.54, 1.807) is 0 Å². The van der Waals surface area contributed by atoms with Gasteiger partial charge >= 0.3 is 0 Å². The summed E-state index contributed by atoms with van der Waals surface area (Å²) < 4.78 is 18.0. The fourth-order valence-electron chi connectivity index (χ4n) is 8.68. The summed E-state index contributed by atoms with van der Waals surface area (Å²) in [5, 5.41) is 0. The Labute approximate surface area is 222 Å². The van der Waals surface area contributed by atoms with Crippen LogP contribution in [0.4, 0.5) is 0 Å². The maximum absolute atomic E-state index is 6.10. The molecule has 0 aromatic rings. The number of piperidine rings is 1. The highest BCUT2D eigenvalue weighted by atomic mass is 16.7. The minimum atomic E-state index is 0.00668. The van der Waals surface area contributed by atoms with Crippen LogP contribution in [0.1, 0.15) is 112 Å². The quantitative estimate of drug-likeness (QED) is 0.303. The summed E-state index contributed by atoms with van der Waals surface area (Å²) in [6.07, 6.45) is 18.2. The van der Waals surface area contributed by atoms with E-state index in [2.05, 4.69) is 52.2 Å². The van der Waals surface area contributed by atoms with Gasteiger partial charge in [-0.3, -0.25) is 4.90 Å². The Bertz CT molecular complexity index is 649. The molecule has 4 rings (SSSR count). The van der Waals surface area contributed by atoms with E-state index in [-0.39, 0.29) is 23.5 Å². The molecule has 2 aliphatic heterocycles. The number of hydrogen-bond acceptors (Lipinski definition) is 4. The minimum Gasteiger partial charge on any atom is -0.373 e. The van der Waals surface area contributed by atoms with E-state index < -0.39 is 0 Å². The van der Waals surface area contributed by atoms with Crippen molar-refractivity contribution < 1.29 is 14.2 Å². The Morgan fingerprint density at radius 1 is 0.778 bits per heavy atom. The van der Waals surface area contributed by atoms with Crippen molar-refractivity contribution in [1.82, 2.24) is 4.90 Å². The normalized spacial score (nSPS) is 38.0. The Morgan fingerprint density at radius 3 is 1.72 bits per heavy atom. The molecule has 4 nitrogen and oxygen atoms in total. The van der Waals surface area contributed by atoms with Crippen molar-refractivity contribution in [3.63, 3.8) is 0 Å². The number of rotatable bonds is 9. The third-order valence-corrected chi connectivity index (χ3v) is 10.3. The molecule has 0 atom stereocenters. The standard InChI is InChI=1S/C32H57NO3/c1-7-9-18-33-31(3,4)20-28(21-32(33,5)6)26-12-10-24(11-13-26)25-14-16-27(17-15-25)30-35-22-29(23-36-30)34-19-8-2/h7,24-30H,1,8-23H2,2-6H3. The lowest BCUT2D eigenvalue weighted by Crippen LogP contribution is -2.61. The summed E-state index contributed by atoms with van der Waals surface area (Å²) in [5.41, 5.74) is 0.576. The third-order valence-electron chi connectivity index (χ3n) is 10.3. The van der Waals surface area contributed by atoms with E-state index in [1.165, 1.54) is 64.2 Å². The molecule has 4 aliphatic rings. The van der Waals surface area contributed by atoms with Gasteiger partial charge in [0.25, 0.3) is 0 Å². The fraction of sp³-hybridized carbons (Fsp3) is 0.938. The first-order valence-electron chi connectivity index (χ1n) is 15.5. The van der Waals surface area contributed by atoms with Crippen LogP contribution in [0.25, 0.3) is 0 Å². The van der Waals surface area contributed by atoms with Crippen molar-refractivity contribution in [3.05, 3.63) is 12.7 Å². The van der Waals surface area contributed by atoms with Crippen LogP contribution in [-0.2, 0) is 14.2 Å². The third kappa shape index (κ3) is 6.96. The Hall–Kier alpha value is -0.420. The molecule has 0 aromatic carbocycles. The highest BCUT2D eigenvalue weighted by Gasteiger charge is 2.47. The number of nitrogens with zero attached hydrogens (tertiary/aromatic N) is 1. The van der Waals surface area contributed by atoms with Crippen molar-refractivity contribution in [1.29, 1.82) is 0 Å². The van der Waals surface area contributed by atoms with E-state index in [0.717, 1.165) is 49.7 Å². The summed E-state index contributed by atoms with van der Waals surface area (Å²) in [5.74, 6) is 4.29. The zero-order chi connectivity index (χ0) is 25.8. The molecule has 2 saturated heterocycles. The number of ether oxygens (including phenoxy) is 3. The van der Waals surface area contributed by atoms with Gasteiger partial charge in [0.05, 0.1) is 13.2 Å². The molecular formula is C32H57NO3. The molecule has 2 heterocycles. The van der Waals surface area contributed by atoms with E-state index in [9.17, 15) is 0 Å². The topological polar surface area (TPSA) is 30.9 Å². The van der Waals surface area contributed by atoms with Crippen LogP contribution in [0.5, 0.6) is 0 Å². The maximum Gasteiger partial charge on any atom is 0.160 e. The number of likely N-dealkylation sites (tertiary alicyclic amines) is 1. The average Bonchev–Trinajstić information content (AvgIpc) is 2.87. The van der Waals surface area contributed by atoms with Crippen molar-refractivity contribution in [2.24, 2.45) is 29.6 Å². The lowest BCUT2D eigenvalue weighted by atomic mass is 9.62. The Balaban J connectivity index is 1.20. The van der Waals surface area contributed by atoms with Crippen LogP contribution < -0.4 is 0 Å². The van der Waals surface area contributed by atoms with Gasteiger partial charge in [0.1, 0.15) is 6.10 Å². The average molecular weight is 504 g/mol. The first kappa shape index (κ1) is 28.6. The maximum atomic E-state index is 6.10. The summed E-state index contributed by atoms with van der Waals surface area (Å²) in [4.78, 5) is 2.78. The molecule has 0 bridgehead atoms. The molecule has 0 amide bonds. The zero-order valence-corrected chi connectivity index (χ0v) is 24.3. The second-order valence-electron chi connectivity index (χ2n) is 13.9. The van der Waals surface area contributed by atoms with E-state index >= 15 is 0 Å². The molecular weight excluding hydrogens is 446 g/mol. The van der Waals surface area contributed by atoms with Gasteiger partial charge in [-0.15, -0.1) is 6.58 Å². The fourth-order valence-corrected chi connectivity index (χ4v) is 8.68. The molecule has 0 radical (unpaired) electrons. The van der Waals surface area contributed by atoms with Gasteiger partial charge in [0.2, 0.25) is 0 Å². The van der Waals surface area contributed by atoms with Crippen molar-refractivity contribution in [2.75, 3.05) is 26.4 Å². The lowest BCUT2D eigenvalue weighted by Gasteiger charge is -2.57. The molecule has 2 saturated carbocycles.